The molecule has 1 aromatic carbocycles. The maximum atomic E-state index is 11.6. The average molecular weight is 302 g/mol. The standard InChI is InChI=1S/C14H20ClNO2S/c1-3-13(11-5-4-6-12(15)9-11)16-14(2)7-8-19(17,18)10-14/h4-6,9,13,16H,3,7-8,10H2,1-2H3. The minimum absolute atomic E-state index is 0.136. The monoisotopic (exact) mass is 301 g/mol. The van der Waals surface area contributed by atoms with Crippen molar-refractivity contribution in [3.05, 3.63) is 34.9 Å². The van der Waals surface area contributed by atoms with E-state index in [0.717, 1.165) is 12.0 Å². The summed E-state index contributed by atoms with van der Waals surface area (Å²) in [5.74, 6) is 0.500. The summed E-state index contributed by atoms with van der Waals surface area (Å²) in [5, 5.41) is 4.21. The Kier molecular flexibility index (Phi) is 4.23. The van der Waals surface area contributed by atoms with Crippen LogP contribution in [0.15, 0.2) is 24.3 Å². The van der Waals surface area contributed by atoms with Crippen LogP contribution in [0.25, 0.3) is 0 Å². The molecule has 0 aliphatic carbocycles. The van der Waals surface area contributed by atoms with Crippen molar-refractivity contribution in [1.82, 2.24) is 5.32 Å². The van der Waals surface area contributed by atoms with Crippen LogP contribution in [0.1, 0.15) is 38.3 Å². The second-order valence-corrected chi connectivity index (χ2v) is 8.18. The number of sulfone groups is 1. The van der Waals surface area contributed by atoms with Gasteiger partial charge in [-0.05, 0) is 37.5 Å². The quantitative estimate of drug-likeness (QED) is 0.930. The van der Waals surface area contributed by atoms with Gasteiger partial charge < -0.3 is 5.32 Å². The fourth-order valence-electron chi connectivity index (χ4n) is 2.69. The molecule has 19 heavy (non-hydrogen) atoms. The number of benzene rings is 1. The minimum Gasteiger partial charge on any atom is -0.304 e. The van der Waals surface area contributed by atoms with Gasteiger partial charge in [0.2, 0.25) is 0 Å². The summed E-state index contributed by atoms with van der Waals surface area (Å²) in [6.45, 7) is 4.08. The molecule has 1 N–H and O–H groups in total. The number of hydrogen-bond donors (Lipinski definition) is 1. The fraction of sp³-hybridized carbons (Fsp3) is 0.571. The summed E-state index contributed by atoms with van der Waals surface area (Å²) in [7, 11) is -2.89. The number of halogens is 1. The van der Waals surface area contributed by atoms with Gasteiger partial charge in [0.25, 0.3) is 0 Å². The van der Waals surface area contributed by atoms with E-state index in [4.69, 9.17) is 11.6 Å². The Morgan fingerprint density at radius 3 is 2.74 bits per heavy atom. The summed E-state index contributed by atoms with van der Waals surface area (Å²) >= 11 is 6.02. The van der Waals surface area contributed by atoms with E-state index in [0.29, 0.717) is 11.4 Å². The predicted octanol–water partition coefficient (Wildman–Crippen LogP) is 2.96. The first-order chi connectivity index (χ1) is 8.84. The number of hydrogen-bond acceptors (Lipinski definition) is 3. The van der Waals surface area contributed by atoms with Crippen molar-refractivity contribution in [2.75, 3.05) is 11.5 Å². The molecule has 2 atom stereocenters. The molecule has 0 saturated carbocycles. The van der Waals surface area contributed by atoms with Crippen molar-refractivity contribution >= 4 is 21.4 Å². The summed E-state index contributed by atoms with van der Waals surface area (Å²) < 4.78 is 23.3. The summed E-state index contributed by atoms with van der Waals surface area (Å²) in [4.78, 5) is 0. The lowest BCUT2D eigenvalue weighted by Crippen LogP contribution is -2.45. The van der Waals surface area contributed by atoms with Gasteiger partial charge in [0.15, 0.2) is 9.84 Å². The Morgan fingerprint density at radius 2 is 2.21 bits per heavy atom. The first-order valence-electron chi connectivity index (χ1n) is 6.57. The highest BCUT2D eigenvalue weighted by molar-refractivity contribution is 7.91. The van der Waals surface area contributed by atoms with Crippen LogP contribution in [0.4, 0.5) is 0 Å². The van der Waals surface area contributed by atoms with Crippen LogP contribution in [0.5, 0.6) is 0 Å². The smallest absolute Gasteiger partial charge is 0.152 e. The molecule has 1 aliphatic rings. The van der Waals surface area contributed by atoms with Gasteiger partial charge in [-0.3, -0.25) is 0 Å². The van der Waals surface area contributed by atoms with Crippen molar-refractivity contribution in [2.45, 2.75) is 38.3 Å². The average Bonchev–Trinajstić information content (AvgIpc) is 2.61. The van der Waals surface area contributed by atoms with Gasteiger partial charge in [-0.2, -0.15) is 0 Å². The zero-order valence-corrected chi connectivity index (χ0v) is 12.9. The van der Waals surface area contributed by atoms with Gasteiger partial charge >= 0.3 is 0 Å². The van der Waals surface area contributed by atoms with Crippen molar-refractivity contribution in [3.8, 4) is 0 Å². The van der Waals surface area contributed by atoms with Gasteiger partial charge in [-0.15, -0.1) is 0 Å². The van der Waals surface area contributed by atoms with Gasteiger partial charge in [-0.25, -0.2) is 8.42 Å². The molecule has 3 nitrogen and oxygen atoms in total. The zero-order chi connectivity index (χ0) is 14.1. The lowest BCUT2D eigenvalue weighted by Gasteiger charge is -2.30. The Balaban J connectivity index is 2.16. The van der Waals surface area contributed by atoms with E-state index in [2.05, 4.69) is 12.2 Å². The molecule has 0 aromatic heterocycles. The molecule has 0 spiro atoms. The molecule has 1 heterocycles. The summed E-state index contributed by atoms with van der Waals surface area (Å²) in [6, 6.07) is 7.88. The van der Waals surface area contributed by atoms with Crippen LogP contribution >= 0.6 is 11.6 Å². The maximum Gasteiger partial charge on any atom is 0.152 e. The van der Waals surface area contributed by atoms with E-state index >= 15 is 0 Å². The first kappa shape index (κ1) is 14.8. The zero-order valence-electron chi connectivity index (χ0n) is 11.3. The highest BCUT2D eigenvalue weighted by Crippen LogP contribution is 2.29. The van der Waals surface area contributed by atoms with Crippen LogP contribution in [0.2, 0.25) is 5.02 Å². The Morgan fingerprint density at radius 1 is 1.47 bits per heavy atom. The molecular weight excluding hydrogens is 282 g/mol. The molecule has 5 heteroatoms. The lowest BCUT2D eigenvalue weighted by atomic mass is 9.96. The van der Waals surface area contributed by atoms with E-state index < -0.39 is 9.84 Å². The molecule has 1 aromatic rings. The molecule has 1 saturated heterocycles. The molecule has 0 amide bonds. The topological polar surface area (TPSA) is 46.2 Å². The third kappa shape index (κ3) is 3.71. The number of rotatable bonds is 4. The lowest BCUT2D eigenvalue weighted by molar-refractivity contribution is 0.337. The highest BCUT2D eigenvalue weighted by Gasteiger charge is 2.39. The van der Waals surface area contributed by atoms with E-state index in [9.17, 15) is 8.42 Å². The van der Waals surface area contributed by atoms with Crippen molar-refractivity contribution in [1.29, 1.82) is 0 Å². The largest absolute Gasteiger partial charge is 0.304 e. The van der Waals surface area contributed by atoms with Crippen LogP contribution in [0, 0.1) is 0 Å². The van der Waals surface area contributed by atoms with Gasteiger partial charge in [0.05, 0.1) is 11.5 Å². The third-order valence-corrected chi connectivity index (χ3v) is 5.82. The van der Waals surface area contributed by atoms with Gasteiger partial charge in [0.1, 0.15) is 0 Å². The van der Waals surface area contributed by atoms with Crippen molar-refractivity contribution < 1.29 is 8.42 Å². The predicted molar refractivity (Wildman–Crippen MR) is 79.3 cm³/mol. The van der Waals surface area contributed by atoms with Crippen LogP contribution in [-0.4, -0.2) is 25.5 Å². The van der Waals surface area contributed by atoms with Crippen LogP contribution in [-0.2, 0) is 9.84 Å². The Bertz CT molecular complexity index is 558. The first-order valence-corrected chi connectivity index (χ1v) is 8.77. The molecular formula is C14H20ClNO2S. The summed E-state index contributed by atoms with van der Waals surface area (Å²) in [5.41, 5.74) is 0.780. The highest BCUT2D eigenvalue weighted by atomic mass is 35.5. The number of nitrogens with one attached hydrogen (secondary N) is 1. The molecule has 2 unspecified atom stereocenters. The molecule has 0 bridgehead atoms. The SMILES string of the molecule is CCC(NC1(C)CCS(=O)(=O)C1)c1cccc(Cl)c1. The molecule has 0 radical (unpaired) electrons. The summed E-state index contributed by atoms with van der Waals surface area (Å²) in [6.07, 6.45) is 1.57. The van der Waals surface area contributed by atoms with Gasteiger partial charge in [0, 0.05) is 16.6 Å². The Labute approximate surface area is 120 Å². The van der Waals surface area contributed by atoms with E-state index in [1.54, 1.807) is 0 Å². The second kappa shape index (κ2) is 5.43. The maximum absolute atomic E-state index is 11.6. The van der Waals surface area contributed by atoms with Crippen molar-refractivity contribution in [3.63, 3.8) is 0 Å². The van der Waals surface area contributed by atoms with Gasteiger partial charge in [-0.1, -0.05) is 30.7 Å². The fourth-order valence-corrected chi connectivity index (χ4v) is 4.99. The van der Waals surface area contributed by atoms with E-state index in [1.807, 2.05) is 31.2 Å². The van der Waals surface area contributed by atoms with Crippen molar-refractivity contribution in [2.24, 2.45) is 0 Å². The normalized spacial score (nSPS) is 27.3. The van der Waals surface area contributed by atoms with Crippen LogP contribution in [0.3, 0.4) is 0 Å². The molecule has 1 aliphatic heterocycles. The minimum atomic E-state index is -2.89. The van der Waals surface area contributed by atoms with Crippen LogP contribution < -0.4 is 5.32 Å². The second-order valence-electron chi connectivity index (χ2n) is 5.56. The molecule has 106 valence electrons. The van der Waals surface area contributed by atoms with E-state index in [-0.39, 0.29) is 23.1 Å². The Hall–Kier alpha value is -0.580. The molecule has 1 fully saturated rings. The third-order valence-electron chi connectivity index (χ3n) is 3.69. The molecule has 2 rings (SSSR count). The van der Waals surface area contributed by atoms with E-state index in [1.165, 1.54) is 0 Å².